The van der Waals surface area contributed by atoms with E-state index in [1.807, 2.05) is 54.6 Å². The minimum Gasteiger partial charge on any atom is -0.497 e. The maximum atomic E-state index is 12.6. The molecular formula is C32H39NO7. The van der Waals surface area contributed by atoms with E-state index in [1.165, 1.54) is 0 Å². The van der Waals surface area contributed by atoms with Gasteiger partial charge in [0.25, 0.3) is 0 Å². The molecule has 3 unspecified atom stereocenters. The van der Waals surface area contributed by atoms with Crippen LogP contribution in [-0.4, -0.2) is 47.1 Å². The van der Waals surface area contributed by atoms with Gasteiger partial charge in [0.1, 0.15) is 23.7 Å². The third-order valence-corrected chi connectivity index (χ3v) is 6.31. The Kier molecular flexibility index (Phi) is 11.0. The van der Waals surface area contributed by atoms with Gasteiger partial charge in [0.05, 0.1) is 25.2 Å². The fourth-order valence-corrected chi connectivity index (χ4v) is 4.23. The second-order valence-electron chi connectivity index (χ2n) is 10.8. The van der Waals surface area contributed by atoms with E-state index in [2.05, 4.69) is 5.32 Å². The molecule has 0 aliphatic rings. The summed E-state index contributed by atoms with van der Waals surface area (Å²) < 4.78 is 16.4. The fourth-order valence-electron chi connectivity index (χ4n) is 4.23. The van der Waals surface area contributed by atoms with Crippen LogP contribution in [0.5, 0.6) is 11.5 Å². The number of aliphatic carboxylic acids is 1. The van der Waals surface area contributed by atoms with Gasteiger partial charge >= 0.3 is 12.1 Å². The number of carbonyl (C=O) groups is 2. The van der Waals surface area contributed by atoms with Gasteiger partial charge in [0.2, 0.25) is 0 Å². The number of hydrogen-bond acceptors (Lipinski definition) is 6. The predicted octanol–water partition coefficient (Wildman–Crippen LogP) is 5.40. The lowest BCUT2D eigenvalue weighted by Gasteiger charge is -2.28. The van der Waals surface area contributed by atoms with E-state index in [0.29, 0.717) is 18.1 Å². The van der Waals surface area contributed by atoms with Crippen molar-refractivity contribution in [2.75, 3.05) is 7.11 Å². The second-order valence-corrected chi connectivity index (χ2v) is 10.8. The van der Waals surface area contributed by atoms with Crippen molar-refractivity contribution >= 4 is 12.1 Å². The van der Waals surface area contributed by atoms with E-state index >= 15 is 0 Å². The number of methoxy groups -OCH3 is 1. The molecular weight excluding hydrogens is 510 g/mol. The average Bonchev–Trinajstić information content (AvgIpc) is 2.91. The van der Waals surface area contributed by atoms with Crippen LogP contribution >= 0.6 is 0 Å². The first-order valence-electron chi connectivity index (χ1n) is 13.3. The molecule has 3 N–H and O–H groups in total. The van der Waals surface area contributed by atoms with Gasteiger partial charge in [-0.25, -0.2) is 4.79 Å². The Hall–Kier alpha value is -4.04. The zero-order valence-electron chi connectivity index (χ0n) is 23.5. The minimum atomic E-state index is -1.14. The summed E-state index contributed by atoms with van der Waals surface area (Å²) in [5.74, 6) is -0.519. The Morgan fingerprint density at radius 2 is 1.40 bits per heavy atom. The van der Waals surface area contributed by atoms with Crippen LogP contribution < -0.4 is 14.8 Å². The van der Waals surface area contributed by atoms with Crippen LogP contribution in [0.2, 0.25) is 0 Å². The molecule has 3 atom stereocenters. The van der Waals surface area contributed by atoms with Gasteiger partial charge in [-0.05, 0) is 81.0 Å². The molecule has 0 aromatic heterocycles. The number of rotatable bonds is 13. The van der Waals surface area contributed by atoms with E-state index in [4.69, 9.17) is 14.2 Å². The Morgan fingerprint density at radius 1 is 0.825 bits per heavy atom. The lowest BCUT2D eigenvalue weighted by Crippen LogP contribution is -2.47. The average molecular weight is 550 g/mol. The first-order chi connectivity index (χ1) is 19.0. The molecule has 0 saturated carbocycles. The van der Waals surface area contributed by atoms with Crippen molar-refractivity contribution < 1.29 is 34.0 Å². The molecule has 40 heavy (non-hydrogen) atoms. The topological polar surface area (TPSA) is 114 Å². The van der Waals surface area contributed by atoms with Crippen LogP contribution in [0.25, 0.3) is 0 Å². The highest BCUT2D eigenvalue weighted by Gasteiger charge is 2.30. The molecule has 8 heteroatoms. The SMILES string of the molecule is COc1ccc(CC(CC(O)C(Cc2ccc(OCc3ccccc3)cc2)NC(=O)OC(C)(C)C)C(=O)O)cc1. The largest absolute Gasteiger partial charge is 0.497 e. The van der Waals surface area contributed by atoms with Gasteiger partial charge in [0.15, 0.2) is 0 Å². The minimum absolute atomic E-state index is 0.0555. The molecule has 0 spiro atoms. The summed E-state index contributed by atoms with van der Waals surface area (Å²) >= 11 is 0. The third kappa shape index (κ3) is 10.3. The molecule has 0 bridgehead atoms. The number of aliphatic hydroxyl groups excluding tert-OH is 1. The maximum absolute atomic E-state index is 12.6. The van der Waals surface area contributed by atoms with Crippen molar-refractivity contribution in [1.82, 2.24) is 5.32 Å². The van der Waals surface area contributed by atoms with Crippen molar-refractivity contribution in [3.63, 3.8) is 0 Å². The molecule has 0 aliphatic heterocycles. The highest BCUT2D eigenvalue weighted by Crippen LogP contribution is 2.22. The smallest absolute Gasteiger partial charge is 0.407 e. The monoisotopic (exact) mass is 549 g/mol. The molecule has 3 aromatic carbocycles. The van der Waals surface area contributed by atoms with Gasteiger partial charge in [0, 0.05) is 0 Å². The van der Waals surface area contributed by atoms with Crippen molar-refractivity contribution in [2.24, 2.45) is 5.92 Å². The number of hydrogen-bond donors (Lipinski definition) is 3. The van der Waals surface area contributed by atoms with E-state index < -0.39 is 35.7 Å². The Morgan fingerprint density at radius 3 is 1.95 bits per heavy atom. The van der Waals surface area contributed by atoms with Crippen molar-refractivity contribution in [2.45, 2.75) is 64.4 Å². The van der Waals surface area contributed by atoms with Crippen molar-refractivity contribution in [1.29, 1.82) is 0 Å². The van der Waals surface area contributed by atoms with Gasteiger partial charge in [-0.15, -0.1) is 0 Å². The number of aliphatic hydroxyl groups is 1. The Balaban J connectivity index is 1.70. The number of alkyl carbamates (subject to hydrolysis) is 1. The number of carboxylic acid groups (broad SMARTS) is 1. The number of benzene rings is 3. The summed E-state index contributed by atoms with van der Waals surface area (Å²) in [6.45, 7) is 5.69. The number of carboxylic acids is 1. The maximum Gasteiger partial charge on any atom is 0.407 e. The van der Waals surface area contributed by atoms with E-state index in [0.717, 1.165) is 16.7 Å². The summed E-state index contributed by atoms with van der Waals surface area (Å²) in [5, 5.41) is 23.8. The van der Waals surface area contributed by atoms with E-state index in [9.17, 15) is 19.8 Å². The predicted molar refractivity (Wildman–Crippen MR) is 153 cm³/mol. The van der Waals surface area contributed by atoms with Crippen LogP contribution in [0.15, 0.2) is 78.9 Å². The number of nitrogens with one attached hydrogen (secondary N) is 1. The lowest BCUT2D eigenvalue weighted by molar-refractivity contribution is -0.143. The number of amides is 1. The van der Waals surface area contributed by atoms with E-state index in [-0.39, 0.29) is 19.3 Å². The second kappa shape index (κ2) is 14.4. The summed E-state index contributed by atoms with van der Waals surface area (Å²) in [5.41, 5.74) is 1.98. The third-order valence-electron chi connectivity index (χ3n) is 6.31. The van der Waals surface area contributed by atoms with E-state index in [1.54, 1.807) is 52.1 Å². The molecule has 0 fully saturated rings. The fraction of sp³-hybridized carbons (Fsp3) is 0.375. The van der Waals surface area contributed by atoms with Gasteiger partial charge in [-0.3, -0.25) is 4.79 Å². The summed E-state index contributed by atoms with van der Waals surface area (Å²) in [6.07, 6.45) is -1.38. The molecule has 0 aliphatic carbocycles. The van der Waals surface area contributed by atoms with Crippen molar-refractivity contribution in [3.05, 3.63) is 95.6 Å². The Labute approximate surface area is 235 Å². The zero-order chi connectivity index (χ0) is 29.1. The lowest BCUT2D eigenvalue weighted by atomic mass is 9.89. The molecule has 0 heterocycles. The molecule has 0 radical (unpaired) electrons. The highest BCUT2D eigenvalue weighted by atomic mass is 16.6. The number of ether oxygens (including phenoxy) is 3. The molecule has 0 saturated heterocycles. The molecule has 214 valence electrons. The van der Waals surface area contributed by atoms with Gasteiger partial charge < -0.3 is 29.7 Å². The molecule has 3 rings (SSSR count). The first kappa shape index (κ1) is 30.5. The Bertz CT molecular complexity index is 1200. The molecule has 1 amide bonds. The van der Waals surface area contributed by atoms with Crippen LogP contribution in [0.4, 0.5) is 4.79 Å². The van der Waals surface area contributed by atoms with Crippen LogP contribution in [0, 0.1) is 5.92 Å². The summed E-state index contributed by atoms with van der Waals surface area (Å²) in [7, 11) is 1.56. The van der Waals surface area contributed by atoms with Gasteiger partial charge in [-0.1, -0.05) is 54.6 Å². The van der Waals surface area contributed by atoms with Crippen LogP contribution in [0.1, 0.15) is 43.9 Å². The van der Waals surface area contributed by atoms with Crippen LogP contribution in [-0.2, 0) is 29.0 Å². The standard InChI is InChI=1S/C32H39NO7/c1-32(2,3)40-31(37)33-28(19-23-12-16-27(17-13-23)39-21-24-8-6-5-7-9-24)29(34)20-25(30(35)36)18-22-10-14-26(38-4)15-11-22/h5-17,25,28-29,34H,18-21H2,1-4H3,(H,33,37)(H,35,36). The van der Waals surface area contributed by atoms with Crippen LogP contribution in [0.3, 0.4) is 0 Å². The first-order valence-corrected chi connectivity index (χ1v) is 13.3. The molecule has 3 aromatic rings. The zero-order valence-corrected chi connectivity index (χ0v) is 23.5. The normalized spacial score (nSPS) is 13.5. The number of carbonyl (C=O) groups excluding carboxylic acids is 1. The van der Waals surface area contributed by atoms with Crippen molar-refractivity contribution in [3.8, 4) is 11.5 Å². The quantitative estimate of drug-likeness (QED) is 0.261. The van der Waals surface area contributed by atoms with Gasteiger partial charge in [-0.2, -0.15) is 0 Å². The summed E-state index contributed by atoms with van der Waals surface area (Å²) in [4.78, 5) is 24.7. The molecule has 8 nitrogen and oxygen atoms in total. The summed E-state index contributed by atoms with van der Waals surface area (Å²) in [6, 6.07) is 23.6. The highest BCUT2D eigenvalue weighted by molar-refractivity contribution is 5.71.